The van der Waals surface area contributed by atoms with Crippen LogP contribution >= 0.6 is 11.6 Å². The standard InChI is InChI=1S/C13H17ClN2O2/c1-13(2)6-10(13)8-15-7-9-3-4-11(16(17)18)5-12(9)14/h3-5,10,15H,6-8H2,1-2H3. The first-order chi connectivity index (χ1) is 8.40. The Morgan fingerprint density at radius 1 is 1.56 bits per heavy atom. The van der Waals surface area contributed by atoms with E-state index in [4.69, 9.17) is 11.6 Å². The van der Waals surface area contributed by atoms with Gasteiger partial charge in [-0.3, -0.25) is 10.1 Å². The number of halogens is 1. The van der Waals surface area contributed by atoms with Gasteiger partial charge in [-0.2, -0.15) is 0 Å². The Morgan fingerprint density at radius 2 is 2.22 bits per heavy atom. The van der Waals surface area contributed by atoms with Gasteiger partial charge in [-0.05, 0) is 35.9 Å². The molecule has 0 heterocycles. The zero-order chi connectivity index (χ0) is 13.3. The van der Waals surface area contributed by atoms with Crippen LogP contribution in [0.3, 0.4) is 0 Å². The summed E-state index contributed by atoms with van der Waals surface area (Å²) in [4.78, 5) is 10.1. The van der Waals surface area contributed by atoms with Crippen LogP contribution in [0.2, 0.25) is 5.02 Å². The lowest BCUT2D eigenvalue weighted by Gasteiger charge is -2.07. The average Bonchev–Trinajstić information content (AvgIpc) is 2.88. The topological polar surface area (TPSA) is 55.2 Å². The van der Waals surface area contributed by atoms with Crippen molar-refractivity contribution in [3.8, 4) is 0 Å². The molecular weight excluding hydrogens is 252 g/mol. The number of non-ortho nitro benzene ring substituents is 1. The van der Waals surface area contributed by atoms with E-state index in [0.717, 1.165) is 18.0 Å². The monoisotopic (exact) mass is 268 g/mol. The van der Waals surface area contributed by atoms with Crippen LogP contribution < -0.4 is 5.32 Å². The fraction of sp³-hybridized carbons (Fsp3) is 0.538. The van der Waals surface area contributed by atoms with Gasteiger partial charge in [-0.1, -0.05) is 25.4 Å². The van der Waals surface area contributed by atoms with Crippen molar-refractivity contribution in [3.05, 3.63) is 38.9 Å². The number of benzene rings is 1. The molecule has 98 valence electrons. The second-order valence-electron chi connectivity index (χ2n) is 5.55. The van der Waals surface area contributed by atoms with Crippen molar-refractivity contribution in [2.24, 2.45) is 11.3 Å². The molecule has 1 atom stereocenters. The number of rotatable bonds is 5. The highest BCUT2D eigenvalue weighted by Gasteiger charge is 2.44. The molecule has 18 heavy (non-hydrogen) atoms. The van der Waals surface area contributed by atoms with E-state index in [1.165, 1.54) is 18.6 Å². The van der Waals surface area contributed by atoms with Crippen LogP contribution in [0.5, 0.6) is 0 Å². The Morgan fingerprint density at radius 3 is 2.72 bits per heavy atom. The quantitative estimate of drug-likeness (QED) is 0.658. The van der Waals surface area contributed by atoms with Gasteiger partial charge in [0.15, 0.2) is 0 Å². The van der Waals surface area contributed by atoms with E-state index < -0.39 is 4.92 Å². The average molecular weight is 269 g/mol. The summed E-state index contributed by atoms with van der Waals surface area (Å²) in [5.41, 5.74) is 1.40. The van der Waals surface area contributed by atoms with E-state index in [-0.39, 0.29) is 5.69 Å². The van der Waals surface area contributed by atoms with E-state index in [1.807, 2.05) is 0 Å². The minimum absolute atomic E-state index is 0.0343. The molecule has 1 fully saturated rings. The second kappa shape index (κ2) is 4.86. The van der Waals surface area contributed by atoms with Gasteiger partial charge in [0.25, 0.3) is 5.69 Å². The number of hydrogen-bond acceptors (Lipinski definition) is 3. The predicted molar refractivity (Wildman–Crippen MR) is 71.7 cm³/mol. The van der Waals surface area contributed by atoms with Crippen molar-refractivity contribution < 1.29 is 4.92 Å². The van der Waals surface area contributed by atoms with Gasteiger partial charge < -0.3 is 5.32 Å². The molecule has 1 unspecified atom stereocenters. The number of nitrogens with one attached hydrogen (secondary N) is 1. The Balaban J connectivity index is 1.88. The fourth-order valence-corrected chi connectivity index (χ4v) is 2.34. The number of nitrogens with zero attached hydrogens (tertiary/aromatic N) is 1. The maximum absolute atomic E-state index is 10.6. The summed E-state index contributed by atoms with van der Waals surface area (Å²) in [6.45, 7) is 6.15. The minimum Gasteiger partial charge on any atom is -0.312 e. The summed E-state index contributed by atoms with van der Waals surface area (Å²) in [6.07, 6.45) is 1.26. The molecule has 1 aliphatic carbocycles. The van der Waals surface area contributed by atoms with Gasteiger partial charge in [0.1, 0.15) is 0 Å². The molecule has 1 N–H and O–H groups in total. The fourth-order valence-electron chi connectivity index (χ4n) is 2.10. The minimum atomic E-state index is -0.435. The molecule has 0 saturated heterocycles. The van der Waals surface area contributed by atoms with Crippen LogP contribution in [0.15, 0.2) is 18.2 Å². The lowest BCUT2D eigenvalue weighted by molar-refractivity contribution is -0.384. The maximum atomic E-state index is 10.6. The summed E-state index contributed by atoms with van der Waals surface area (Å²) in [5.74, 6) is 0.731. The second-order valence-corrected chi connectivity index (χ2v) is 5.96. The van der Waals surface area contributed by atoms with E-state index in [1.54, 1.807) is 6.07 Å². The van der Waals surface area contributed by atoms with Gasteiger partial charge >= 0.3 is 0 Å². The molecule has 4 nitrogen and oxygen atoms in total. The van der Waals surface area contributed by atoms with E-state index in [0.29, 0.717) is 17.0 Å². The third-order valence-electron chi connectivity index (χ3n) is 3.67. The molecule has 1 aromatic carbocycles. The highest BCUT2D eigenvalue weighted by Crippen LogP contribution is 2.51. The molecule has 0 radical (unpaired) electrons. The van der Waals surface area contributed by atoms with Crippen molar-refractivity contribution in [2.75, 3.05) is 6.54 Å². The molecule has 1 aliphatic rings. The summed E-state index contributed by atoms with van der Waals surface area (Å²) in [5, 5.41) is 14.4. The molecule has 5 heteroatoms. The third kappa shape index (κ3) is 3.00. The SMILES string of the molecule is CC1(C)CC1CNCc1ccc([N+](=O)[O-])cc1Cl. The molecule has 0 aliphatic heterocycles. The lowest BCUT2D eigenvalue weighted by Crippen LogP contribution is -2.18. The summed E-state index contributed by atoms with van der Waals surface area (Å²) < 4.78 is 0. The Kier molecular flexibility index (Phi) is 3.59. The molecule has 0 aromatic heterocycles. The predicted octanol–water partition coefficient (Wildman–Crippen LogP) is 3.38. The maximum Gasteiger partial charge on any atom is 0.270 e. The summed E-state index contributed by atoms with van der Waals surface area (Å²) >= 11 is 6.02. The first kappa shape index (κ1) is 13.3. The molecule has 1 saturated carbocycles. The van der Waals surface area contributed by atoms with E-state index in [2.05, 4.69) is 19.2 Å². The van der Waals surface area contributed by atoms with Crippen molar-refractivity contribution in [3.63, 3.8) is 0 Å². The van der Waals surface area contributed by atoms with E-state index >= 15 is 0 Å². The normalized spacial score (nSPS) is 20.7. The van der Waals surface area contributed by atoms with Crippen molar-refractivity contribution in [1.82, 2.24) is 5.32 Å². The molecular formula is C13H17ClN2O2. The summed E-state index contributed by atoms with van der Waals surface area (Å²) in [6, 6.07) is 4.61. The van der Waals surface area contributed by atoms with Crippen LogP contribution in [0.1, 0.15) is 25.8 Å². The highest BCUT2D eigenvalue weighted by atomic mass is 35.5. The first-order valence-corrected chi connectivity index (χ1v) is 6.41. The van der Waals surface area contributed by atoms with Crippen LogP contribution in [0, 0.1) is 21.4 Å². The van der Waals surface area contributed by atoms with E-state index in [9.17, 15) is 10.1 Å². The van der Waals surface area contributed by atoms with Crippen molar-refractivity contribution in [1.29, 1.82) is 0 Å². The number of nitro benzene ring substituents is 1. The van der Waals surface area contributed by atoms with Gasteiger partial charge in [0, 0.05) is 18.7 Å². The number of nitro groups is 1. The summed E-state index contributed by atoms with van der Waals surface area (Å²) in [7, 11) is 0. The van der Waals surface area contributed by atoms with Crippen LogP contribution in [-0.4, -0.2) is 11.5 Å². The zero-order valence-corrected chi connectivity index (χ0v) is 11.3. The van der Waals surface area contributed by atoms with Crippen LogP contribution in [0.4, 0.5) is 5.69 Å². The molecule has 2 rings (SSSR count). The van der Waals surface area contributed by atoms with Gasteiger partial charge in [-0.15, -0.1) is 0 Å². The molecule has 0 bridgehead atoms. The number of hydrogen-bond donors (Lipinski definition) is 1. The van der Waals surface area contributed by atoms with Crippen molar-refractivity contribution >= 4 is 17.3 Å². The van der Waals surface area contributed by atoms with Gasteiger partial charge in [0.2, 0.25) is 0 Å². The van der Waals surface area contributed by atoms with Gasteiger partial charge in [0.05, 0.1) is 9.95 Å². The lowest BCUT2D eigenvalue weighted by atomic mass is 10.1. The molecule has 1 aromatic rings. The molecule has 0 amide bonds. The Labute approximate surface area is 111 Å². The molecule has 0 spiro atoms. The van der Waals surface area contributed by atoms with Crippen molar-refractivity contribution in [2.45, 2.75) is 26.8 Å². The first-order valence-electron chi connectivity index (χ1n) is 6.04. The third-order valence-corrected chi connectivity index (χ3v) is 4.02. The highest BCUT2D eigenvalue weighted by molar-refractivity contribution is 6.31. The largest absolute Gasteiger partial charge is 0.312 e. The Hall–Kier alpha value is -1.13. The van der Waals surface area contributed by atoms with Crippen LogP contribution in [0.25, 0.3) is 0 Å². The zero-order valence-electron chi connectivity index (χ0n) is 10.6. The van der Waals surface area contributed by atoms with Crippen LogP contribution in [-0.2, 0) is 6.54 Å². The Bertz CT molecular complexity index is 474. The smallest absolute Gasteiger partial charge is 0.270 e. The van der Waals surface area contributed by atoms with Gasteiger partial charge in [-0.25, -0.2) is 0 Å².